The Kier molecular flexibility index (Phi) is 8.11. The summed E-state index contributed by atoms with van der Waals surface area (Å²) in [5.74, 6) is -0.0267. The lowest BCUT2D eigenvalue weighted by Crippen LogP contribution is -2.26. The van der Waals surface area contributed by atoms with Crippen molar-refractivity contribution < 1.29 is 9.90 Å². The van der Waals surface area contributed by atoms with E-state index < -0.39 is 5.97 Å². The molecule has 0 aromatic carbocycles. The van der Waals surface area contributed by atoms with Crippen LogP contribution in [0.15, 0.2) is 0 Å². The summed E-state index contributed by atoms with van der Waals surface area (Å²) in [6.45, 7) is 6.18. The van der Waals surface area contributed by atoms with Gasteiger partial charge in [-0.2, -0.15) is 0 Å². The zero-order chi connectivity index (χ0) is 11.0. The Morgan fingerprint density at radius 3 is 2.36 bits per heavy atom. The molecule has 0 radical (unpaired) electrons. The Hall–Kier alpha value is -0.140. The summed E-state index contributed by atoms with van der Waals surface area (Å²) in [6.07, 6.45) is 3.49. The molecule has 1 rings (SSSR count). The summed E-state index contributed by atoms with van der Waals surface area (Å²) < 4.78 is 2.22. The number of rotatable bonds is 3. The molecule has 1 saturated heterocycles. The molecule has 1 atom stereocenters. The number of carbonyl (C=O) groups is 1. The van der Waals surface area contributed by atoms with Crippen molar-refractivity contribution in [2.75, 3.05) is 13.1 Å². The third-order valence-electron chi connectivity index (χ3n) is 2.42. The minimum Gasteiger partial charge on any atom is -0.481 e. The highest BCUT2D eigenvalue weighted by Gasteiger charge is 2.17. The normalized spacial score (nSPS) is 18.5. The fourth-order valence-corrected chi connectivity index (χ4v) is 1.87. The van der Waals surface area contributed by atoms with Crippen LogP contribution in [-0.4, -0.2) is 28.8 Å². The molecule has 3 nitrogen and oxygen atoms in total. The first-order valence-electron chi connectivity index (χ1n) is 5.40. The highest BCUT2D eigenvalue weighted by Crippen LogP contribution is 2.23. The fraction of sp³-hybridized carbons (Fsp3) is 0.900. The van der Waals surface area contributed by atoms with Crippen LogP contribution < -0.4 is 0 Å². The van der Waals surface area contributed by atoms with Gasteiger partial charge in [0, 0.05) is 19.5 Å². The Balaban J connectivity index is 0.000000791. The Morgan fingerprint density at radius 2 is 1.93 bits per heavy atom. The van der Waals surface area contributed by atoms with E-state index >= 15 is 0 Å². The maximum Gasteiger partial charge on any atom is 0.303 e. The standard InChI is InChI=1S/C8H16NO2P.C2H6/c10-8(11)2-1-7-3-5-9(12)6-4-7;1-2/h7H,1-6,12H2,(H,10,11);1-2H3. The van der Waals surface area contributed by atoms with E-state index in [-0.39, 0.29) is 0 Å². The summed E-state index contributed by atoms with van der Waals surface area (Å²) in [6, 6.07) is 0. The Morgan fingerprint density at radius 1 is 1.43 bits per heavy atom. The molecule has 1 aliphatic rings. The van der Waals surface area contributed by atoms with E-state index in [1.807, 2.05) is 13.8 Å². The average molecular weight is 219 g/mol. The van der Waals surface area contributed by atoms with Crippen LogP contribution >= 0.6 is 9.39 Å². The second-order valence-corrected chi connectivity index (χ2v) is 4.14. The van der Waals surface area contributed by atoms with Crippen molar-refractivity contribution >= 4 is 15.4 Å². The third kappa shape index (κ3) is 6.33. The molecule has 0 aromatic heterocycles. The van der Waals surface area contributed by atoms with Crippen molar-refractivity contribution in [3.63, 3.8) is 0 Å². The number of hydrogen-bond donors (Lipinski definition) is 1. The quantitative estimate of drug-likeness (QED) is 0.741. The summed E-state index contributed by atoms with van der Waals surface area (Å²) in [5, 5.41) is 8.48. The minimum absolute atomic E-state index is 0.335. The van der Waals surface area contributed by atoms with Gasteiger partial charge in [0.1, 0.15) is 0 Å². The number of aliphatic carboxylic acids is 1. The van der Waals surface area contributed by atoms with Crippen molar-refractivity contribution in [3.8, 4) is 0 Å². The lowest BCUT2D eigenvalue weighted by molar-refractivity contribution is -0.137. The molecule has 0 aromatic rings. The lowest BCUT2D eigenvalue weighted by atomic mass is 9.93. The van der Waals surface area contributed by atoms with E-state index in [2.05, 4.69) is 14.1 Å². The number of carboxylic acid groups (broad SMARTS) is 1. The highest BCUT2D eigenvalue weighted by molar-refractivity contribution is 7.13. The molecule has 1 heterocycles. The first-order valence-corrected chi connectivity index (χ1v) is 5.91. The van der Waals surface area contributed by atoms with Gasteiger partial charge in [0.05, 0.1) is 0 Å². The van der Waals surface area contributed by atoms with E-state index in [1.165, 1.54) is 0 Å². The van der Waals surface area contributed by atoms with Crippen LogP contribution in [0.1, 0.15) is 39.5 Å². The topological polar surface area (TPSA) is 40.5 Å². The van der Waals surface area contributed by atoms with E-state index in [4.69, 9.17) is 5.11 Å². The van der Waals surface area contributed by atoms with Crippen LogP contribution in [0.2, 0.25) is 0 Å². The third-order valence-corrected chi connectivity index (χ3v) is 2.93. The maximum absolute atomic E-state index is 10.3. The lowest BCUT2D eigenvalue weighted by Gasteiger charge is -2.28. The first-order chi connectivity index (χ1) is 6.68. The first kappa shape index (κ1) is 13.9. The summed E-state index contributed by atoms with van der Waals surface area (Å²) in [5.41, 5.74) is 0. The summed E-state index contributed by atoms with van der Waals surface area (Å²) >= 11 is 0. The van der Waals surface area contributed by atoms with Crippen molar-refractivity contribution in [2.45, 2.75) is 39.5 Å². The van der Waals surface area contributed by atoms with Gasteiger partial charge in [-0.1, -0.05) is 23.2 Å². The van der Waals surface area contributed by atoms with Crippen molar-refractivity contribution in [2.24, 2.45) is 5.92 Å². The number of hydrogen-bond acceptors (Lipinski definition) is 2. The molecule has 0 saturated carbocycles. The molecule has 0 aliphatic carbocycles. The number of nitrogens with zero attached hydrogens (tertiary/aromatic N) is 1. The van der Waals surface area contributed by atoms with Gasteiger partial charge < -0.3 is 5.11 Å². The SMILES string of the molecule is CC.O=C(O)CCC1CCN(P)CC1. The number of piperidine rings is 1. The van der Waals surface area contributed by atoms with Gasteiger partial charge in [-0.15, -0.1) is 0 Å². The molecule has 0 spiro atoms. The van der Waals surface area contributed by atoms with Crippen LogP contribution in [0.3, 0.4) is 0 Å². The molecule has 4 heteroatoms. The van der Waals surface area contributed by atoms with Crippen LogP contribution in [-0.2, 0) is 4.79 Å². The Labute approximate surface area is 89.1 Å². The maximum atomic E-state index is 10.3. The highest BCUT2D eigenvalue weighted by atomic mass is 31.0. The molecular formula is C10H22NO2P. The predicted molar refractivity (Wildman–Crippen MR) is 62.2 cm³/mol. The van der Waals surface area contributed by atoms with Crippen molar-refractivity contribution in [1.82, 2.24) is 4.67 Å². The Bertz CT molecular complexity index is 156. The van der Waals surface area contributed by atoms with E-state index in [1.54, 1.807) is 0 Å². The summed E-state index contributed by atoms with van der Waals surface area (Å²) in [4.78, 5) is 10.3. The second kappa shape index (κ2) is 8.19. The predicted octanol–water partition coefficient (Wildman–Crippen LogP) is 2.38. The van der Waals surface area contributed by atoms with Gasteiger partial charge in [-0.05, 0) is 25.2 Å². The average Bonchev–Trinajstić information content (AvgIpc) is 2.20. The molecule has 1 N–H and O–H groups in total. The van der Waals surface area contributed by atoms with Gasteiger partial charge >= 0.3 is 5.97 Å². The molecule has 1 unspecified atom stereocenters. The van der Waals surface area contributed by atoms with E-state index in [9.17, 15) is 4.79 Å². The second-order valence-electron chi connectivity index (χ2n) is 3.41. The number of carboxylic acids is 1. The van der Waals surface area contributed by atoms with Gasteiger partial charge in [-0.25, -0.2) is 0 Å². The van der Waals surface area contributed by atoms with Crippen molar-refractivity contribution in [3.05, 3.63) is 0 Å². The smallest absolute Gasteiger partial charge is 0.303 e. The monoisotopic (exact) mass is 219 g/mol. The molecule has 1 aliphatic heterocycles. The zero-order valence-electron chi connectivity index (χ0n) is 9.20. The molecule has 0 amide bonds. The summed E-state index contributed by atoms with van der Waals surface area (Å²) in [7, 11) is 2.69. The van der Waals surface area contributed by atoms with Gasteiger partial charge in [0.15, 0.2) is 0 Å². The fourth-order valence-electron chi connectivity index (χ4n) is 1.57. The van der Waals surface area contributed by atoms with Crippen LogP contribution in [0, 0.1) is 5.92 Å². The van der Waals surface area contributed by atoms with E-state index in [0.29, 0.717) is 12.3 Å². The van der Waals surface area contributed by atoms with Crippen LogP contribution in [0.5, 0.6) is 0 Å². The van der Waals surface area contributed by atoms with Crippen LogP contribution in [0.25, 0.3) is 0 Å². The molecule has 14 heavy (non-hydrogen) atoms. The van der Waals surface area contributed by atoms with Gasteiger partial charge in [0.2, 0.25) is 0 Å². The van der Waals surface area contributed by atoms with E-state index in [0.717, 1.165) is 32.4 Å². The molecule has 84 valence electrons. The van der Waals surface area contributed by atoms with Crippen LogP contribution in [0.4, 0.5) is 0 Å². The zero-order valence-corrected chi connectivity index (χ0v) is 10.4. The molecular weight excluding hydrogens is 197 g/mol. The van der Waals surface area contributed by atoms with Crippen molar-refractivity contribution in [1.29, 1.82) is 0 Å². The molecule has 0 bridgehead atoms. The minimum atomic E-state index is -0.664. The van der Waals surface area contributed by atoms with Gasteiger partial charge in [0.25, 0.3) is 0 Å². The largest absolute Gasteiger partial charge is 0.481 e. The molecule has 1 fully saturated rings. The van der Waals surface area contributed by atoms with Gasteiger partial charge in [-0.3, -0.25) is 9.46 Å².